The number of hydrogen-bond acceptors (Lipinski definition) is 2. The number of nitrogens with two attached hydrogens (primary N) is 1. The lowest BCUT2D eigenvalue weighted by Crippen LogP contribution is -2.14. The first-order valence-electron chi connectivity index (χ1n) is 4.34. The van der Waals surface area contributed by atoms with Crippen molar-refractivity contribution in [3.05, 3.63) is 11.8 Å². The van der Waals surface area contributed by atoms with Gasteiger partial charge in [-0.25, -0.2) is 0 Å². The van der Waals surface area contributed by atoms with Crippen LogP contribution in [0.15, 0.2) is 11.8 Å². The minimum absolute atomic E-state index is 0.723. The molecule has 0 spiro atoms. The first-order chi connectivity index (χ1) is 5.20. The maximum Gasteiger partial charge on any atom is 0.0115 e. The summed E-state index contributed by atoms with van der Waals surface area (Å²) < 4.78 is 0. The SMILES string of the molecule is CCC/C(=C\NN)CC(C)C. The summed E-state index contributed by atoms with van der Waals surface area (Å²) in [6, 6.07) is 0. The molecule has 0 aliphatic rings. The van der Waals surface area contributed by atoms with Gasteiger partial charge in [0.1, 0.15) is 0 Å². The molecule has 0 saturated heterocycles. The van der Waals surface area contributed by atoms with Crippen LogP contribution >= 0.6 is 0 Å². The highest BCUT2D eigenvalue weighted by Gasteiger charge is 1.99. The smallest absolute Gasteiger partial charge is 0.0115 e. The van der Waals surface area contributed by atoms with Crippen molar-refractivity contribution in [2.24, 2.45) is 11.8 Å². The summed E-state index contributed by atoms with van der Waals surface area (Å²) in [6.07, 6.45) is 5.42. The molecule has 0 aliphatic carbocycles. The van der Waals surface area contributed by atoms with E-state index in [0.717, 1.165) is 18.8 Å². The topological polar surface area (TPSA) is 38.0 Å². The van der Waals surface area contributed by atoms with Gasteiger partial charge in [0.2, 0.25) is 0 Å². The Bertz CT molecular complexity index is 117. The molecule has 0 aliphatic heterocycles. The summed E-state index contributed by atoms with van der Waals surface area (Å²) in [7, 11) is 0. The summed E-state index contributed by atoms with van der Waals surface area (Å²) >= 11 is 0. The summed E-state index contributed by atoms with van der Waals surface area (Å²) in [6.45, 7) is 6.63. The van der Waals surface area contributed by atoms with Crippen molar-refractivity contribution in [1.82, 2.24) is 5.43 Å². The summed E-state index contributed by atoms with van der Waals surface area (Å²) in [5.41, 5.74) is 4.02. The van der Waals surface area contributed by atoms with Crippen molar-refractivity contribution in [2.45, 2.75) is 40.0 Å². The maximum absolute atomic E-state index is 5.21. The number of nitrogens with one attached hydrogen (secondary N) is 1. The van der Waals surface area contributed by atoms with Crippen LogP contribution in [-0.2, 0) is 0 Å². The second-order valence-electron chi connectivity index (χ2n) is 3.32. The summed E-state index contributed by atoms with van der Waals surface area (Å²) in [5, 5.41) is 0. The molecule has 0 unspecified atom stereocenters. The van der Waals surface area contributed by atoms with Crippen LogP contribution in [0.1, 0.15) is 40.0 Å². The third-order valence-electron chi connectivity index (χ3n) is 1.53. The van der Waals surface area contributed by atoms with Crippen LogP contribution in [0.25, 0.3) is 0 Å². The summed E-state index contributed by atoms with van der Waals surface area (Å²) in [4.78, 5) is 0. The minimum Gasteiger partial charge on any atom is -0.331 e. The molecule has 0 saturated carbocycles. The molecule has 11 heavy (non-hydrogen) atoms. The van der Waals surface area contributed by atoms with Crippen LogP contribution in [0.2, 0.25) is 0 Å². The minimum atomic E-state index is 0.723. The zero-order valence-electron chi connectivity index (χ0n) is 7.85. The maximum atomic E-state index is 5.21. The Balaban J connectivity index is 3.79. The first-order valence-corrected chi connectivity index (χ1v) is 4.34. The quantitative estimate of drug-likeness (QED) is 0.473. The van der Waals surface area contributed by atoms with Gasteiger partial charge in [-0.15, -0.1) is 0 Å². The molecular weight excluding hydrogens is 136 g/mol. The normalized spacial score (nSPS) is 12.3. The Kier molecular flexibility index (Phi) is 5.94. The third-order valence-corrected chi connectivity index (χ3v) is 1.53. The van der Waals surface area contributed by atoms with Crippen molar-refractivity contribution < 1.29 is 0 Å². The van der Waals surface area contributed by atoms with Gasteiger partial charge in [-0.2, -0.15) is 0 Å². The highest BCUT2D eigenvalue weighted by Crippen LogP contribution is 2.14. The van der Waals surface area contributed by atoms with Crippen molar-refractivity contribution in [2.75, 3.05) is 0 Å². The van der Waals surface area contributed by atoms with Crippen LogP contribution in [0, 0.1) is 5.92 Å². The largest absolute Gasteiger partial charge is 0.331 e. The van der Waals surface area contributed by atoms with E-state index in [1.165, 1.54) is 12.0 Å². The van der Waals surface area contributed by atoms with E-state index < -0.39 is 0 Å². The standard InChI is InChI=1S/C9H20N2/c1-4-5-9(7-11-10)6-8(2)3/h7-8,11H,4-6,10H2,1-3H3/b9-7+. The molecule has 3 N–H and O–H groups in total. The van der Waals surface area contributed by atoms with Gasteiger partial charge in [0.25, 0.3) is 0 Å². The lowest BCUT2D eigenvalue weighted by Gasteiger charge is -2.08. The van der Waals surface area contributed by atoms with Crippen LogP contribution in [0.3, 0.4) is 0 Å². The van der Waals surface area contributed by atoms with Gasteiger partial charge in [0.15, 0.2) is 0 Å². The molecule has 0 aromatic carbocycles. The Hall–Kier alpha value is -0.500. The molecule has 66 valence electrons. The van der Waals surface area contributed by atoms with E-state index in [1.54, 1.807) is 0 Å². The van der Waals surface area contributed by atoms with Crippen molar-refractivity contribution >= 4 is 0 Å². The van der Waals surface area contributed by atoms with E-state index in [1.807, 2.05) is 6.20 Å². The summed E-state index contributed by atoms with van der Waals surface area (Å²) in [5.74, 6) is 5.93. The van der Waals surface area contributed by atoms with Gasteiger partial charge in [0.05, 0.1) is 0 Å². The fourth-order valence-corrected chi connectivity index (χ4v) is 1.20. The molecule has 0 fully saturated rings. The van der Waals surface area contributed by atoms with Gasteiger partial charge in [-0.05, 0) is 18.8 Å². The number of rotatable bonds is 5. The molecule has 0 rings (SSSR count). The number of hydrogen-bond donors (Lipinski definition) is 2. The van der Waals surface area contributed by atoms with Crippen molar-refractivity contribution in [3.8, 4) is 0 Å². The monoisotopic (exact) mass is 156 g/mol. The van der Waals surface area contributed by atoms with Crippen LogP contribution in [0.4, 0.5) is 0 Å². The Labute approximate surface area is 69.8 Å². The third kappa shape index (κ3) is 5.92. The van der Waals surface area contributed by atoms with Crippen LogP contribution in [0.5, 0.6) is 0 Å². The average molecular weight is 156 g/mol. The molecular formula is C9H20N2. The van der Waals surface area contributed by atoms with E-state index in [2.05, 4.69) is 26.2 Å². The zero-order valence-corrected chi connectivity index (χ0v) is 7.85. The Morgan fingerprint density at radius 3 is 2.55 bits per heavy atom. The molecule has 0 radical (unpaired) electrons. The van der Waals surface area contributed by atoms with E-state index >= 15 is 0 Å². The highest BCUT2D eigenvalue weighted by atomic mass is 15.2. The zero-order chi connectivity index (χ0) is 8.69. The van der Waals surface area contributed by atoms with Gasteiger partial charge < -0.3 is 5.43 Å². The lowest BCUT2D eigenvalue weighted by molar-refractivity contribution is 0.616. The fourth-order valence-electron chi connectivity index (χ4n) is 1.20. The molecule has 0 amide bonds. The van der Waals surface area contributed by atoms with E-state index in [0.29, 0.717) is 0 Å². The predicted molar refractivity (Wildman–Crippen MR) is 49.8 cm³/mol. The molecule has 0 bridgehead atoms. The van der Waals surface area contributed by atoms with E-state index in [9.17, 15) is 0 Å². The Morgan fingerprint density at radius 2 is 2.18 bits per heavy atom. The first kappa shape index (κ1) is 10.5. The van der Waals surface area contributed by atoms with Gasteiger partial charge in [-0.1, -0.05) is 32.8 Å². The van der Waals surface area contributed by atoms with Crippen LogP contribution < -0.4 is 11.3 Å². The molecule has 0 aromatic rings. The fraction of sp³-hybridized carbons (Fsp3) is 0.778. The lowest BCUT2D eigenvalue weighted by atomic mass is 10.0. The van der Waals surface area contributed by atoms with Crippen LogP contribution in [-0.4, -0.2) is 0 Å². The second-order valence-corrected chi connectivity index (χ2v) is 3.32. The second kappa shape index (κ2) is 6.23. The van der Waals surface area contributed by atoms with E-state index in [-0.39, 0.29) is 0 Å². The molecule has 2 nitrogen and oxygen atoms in total. The number of allylic oxidation sites excluding steroid dienone is 1. The van der Waals surface area contributed by atoms with Crippen molar-refractivity contribution in [3.63, 3.8) is 0 Å². The highest BCUT2D eigenvalue weighted by molar-refractivity contribution is 5.00. The Morgan fingerprint density at radius 1 is 1.55 bits per heavy atom. The van der Waals surface area contributed by atoms with Gasteiger partial charge in [-0.3, -0.25) is 5.84 Å². The van der Waals surface area contributed by atoms with Gasteiger partial charge >= 0.3 is 0 Å². The molecule has 0 heterocycles. The predicted octanol–water partition coefficient (Wildman–Crippen LogP) is 2.18. The van der Waals surface area contributed by atoms with E-state index in [4.69, 9.17) is 5.84 Å². The molecule has 0 atom stereocenters. The molecule has 0 aromatic heterocycles. The van der Waals surface area contributed by atoms with Crippen molar-refractivity contribution in [1.29, 1.82) is 0 Å². The van der Waals surface area contributed by atoms with Gasteiger partial charge in [0, 0.05) is 6.20 Å². The molecule has 2 heteroatoms. The average Bonchev–Trinajstić information content (AvgIpc) is 1.87. The number of hydrazine groups is 1.